The minimum absolute atomic E-state index is 0.0693. The minimum atomic E-state index is -4.13. The molecule has 1 saturated heterocycles. The smallest absolute Gasteiger partial charge is 0.374 e. The molecule has 2 N–H and O–H groups in total. The Kier molecular flexibility index (Phi) is 5.22. The maximum Gasteiger partial charge on any atom is 0.389 e. The first-order valence-electron chi connectivity index (χ1n) is 5.97. The molecule has 0 aromatic carbocycles. The molecule has 0 saturated carbocycles. The number of nitrogens with zero attached hydrogens (tertiary/aromatic N) is 1. The number of rotatable bonds is 4. The molecule has 0 amide bonds. The Balaban J connectivity index is 2.38. The molecular weight excluding hydrogens is 233 g/mol. The van der Waals surface area contributed by atoms with Crippen molar-refractivity contribution in [3.05, 3.63) is 0 Å². The van der Waals surface area contributed by atoms with Gasteiger partial charge in [-0.1, -0.05) is 0 Å². The van der Waals surface area contributed by atoms with Crippen molar-refractivity contribution in [2.75, 3.05) is 19.7 Å². The lowest BCUT2D eigenvalue weighted by atomic mass is 10.0. The third kappa shape index (κ3) is 5.23. The van der Waals surface area contributed by atoms with E-state index in [9.17, 15) is 13.2 Å². The van der Waals surface area contributed by atoms with Gasteiger partial charge in [0.15, 0.2) is 0 Å². The van der Waals surface area contributed by atoms with Crippen molar-refractivity contribution in [1.82, 2.24) is 4.90 Å². The molecule has 2 atom stereocenters. The van der Waals surface area contributed by atoms with Gasteiger partial charge in [0.05, 0.1) is 12.7 Å². The van der Waals surface area contributed by atoms with E-state index in [2.05, 4.69) is 18.7 Å². The van der Waals surface area contributed by atoms with Crippen molar-refractivity contribution in [1.29, 1.82) is 0 Å². The molecular formula is C11H21F3N2O. The molecule has 0 aromatic heterocycles. The maximum atomic E-state index is 12.1. The zero-order chi connectivity index (χ0) is 13.1. The zero-order valence-corrected chi connectivity index (χ0v) is 10.3. The molecule has 1 rings (SSSR count). The van der Waals surface area contributed by atoms with E-state index in [1.165, 1.54) is 0 Å². The predicted octanol–water partition coefficient (Wildman–Crippen LogP) is 1.77. The van der Waals surface area contributed by atoms with Crippen molar-refractivity contribution < 1.29 is 17.9 Å². The molecule has 1 aliphatic heterocycles. The van der Waals surface area contributed by atoms with Crippen LogP contribution in [0.15, 0.2) is 0 Å². The van der Waals surface area contributed by atoms with Crippen LogP contribution in [0, 0.1) is 0 Å². The Morgan fingerprint density at radius 1 is 1.41 bits per heavy atom. The van der Waals surface area contributed by atoms with Crippen LogP contribution >= 0.6 is 0 Å². The van der Waals surface area contributed by atoms with Crippen LogP contribution in [0.4, 0.5) is 13.2 Å². The molecule has 1 fully saturated rings. The highest BCUT2D eigenvalue weighted by atomic mass is 19.4. The Hall–Kier alpha value is -0.330. The quantitative estimate of drug-likeness (QED) is 0.831. The lowest BCUT2D eigenvalue weighted by molar-refractivity contribution is -0.139. The summed E-state index contributed by atoms with van der Waals surface area (Å²) in [6.45, 7) is 6.10. The van der Waals surface area contributed by atoms with Crippen molar-refractivity contribution in [3.8, 4) is 0 Å². The summed E-state index contributed by atoms with van der Waals surface area (Å²) in [6, 6.07) is -0.172. The highest BCUT2D eigenvalue weighted by Crippen LogP contribution is 2.23. The molecule has 0 spiro atoms. The van der Waals surface area contributed by atoms with Crippen molar-refractivity contribution in [2.24, 2.45) is 5.73 Å². The summed E-state index contributed by atoms with van der Waals surface area (Å²) >= 11 is 0. The molecule has 102 valence electrons. The molecule has 17 heavy (non-hydrogen) atoms. The van der Waals surface area contributed by atoms with Crippen LogP contribution in [0.1, 0.15) is 26.7 Å². The maximum absolute atomic E-state index is 12.1. The molecule has 1 heterocycles. The second kappa shape index (κ2) is 6.02. The second-order valence-electron chi connectivity index (χ2n) is 4.82. The van der Waals surface area contributed by atoms with E-state index in [0.717, 1.165) is 6.54 Å². The van der Waals surface area contributed by atoms with Gasteiger partial charge in [-0.05, 0) is 20.3 Å². The molecule has 0 aromatic rings. The largest absolute Gasteiger partial charge is 0.389 e. The predicted molar refractivity (Wildman–Crippen MR) is 59.7 cm³/mol. The van der Waals surface area contributed by atoms with Gasteiger partial charge in [-0.3, -0.25) is 4.90 Å². The number of ether oxygens (including phenoxy) is 1. The van der Waals surface area contributed by atoms with Crippen LogP contribution in [0.2, 0.25) is 0 Å². The standard InChI is InChI=1S/C11H21F3N2O/c1-8(2)16-5-6-17-10(7-16)9(15)3-4-11(12,13)14/h8-10H,3-7,15H2,1-2H3. The van der Waals surface area contributed by atoms with Gasteiger partial charge in [-0.2, -0.15) is 13.2 Å². The summed E-state index contributed by atoms with van der Waals surface area (Å²) < 4.78 is 41.7. The first kappa shape index (κ1) is 14.7. The molecule has 0 radical (unpaired) electrons. The van der Waals surface area contributed by atoms with Crippen molar-refractivity contribution in [3.63, 3.8) is 0 Å². The van der Waals surface area contributed by atoms with Crippen LogP contribution in [-0.2, 0) is 4.74 Å². The fourth-order valence-corrected chi connectivity index (χ4v) is 1.94. The fourth-order valence-electron chi connectivity index (χ4n) is 1.94. The first-order valence-corrected chi connectivity index (χ1v) is 5.97. The van der Waals surface area contributed by atoms with Crippen LogP contribution in [-0.4, -0.2) is 49.0 Å². The van der Waals surface area contributed by atoms with Gasteiger partial charge in [0, 0.05) is 31.6 Å². The number of alkyl halides is 3. The van der Waals surface area contributed by atoms with Gasteiger partial charge in [-0.15, -0.1) is 0 Å². The molecule has 0 aliphatic carbocycles. The van der Waals surface area contributed by atoms with Crippen LogP contribution in [0.25, 0.3) is 0 Å². The summed E-state index contributed by atoms with van der Waals surface area (Å²) in [5, 5.41) is 0. The number of nitrogens with two attached hydrogens (primary N) is 1. The van der Waals surface area contributed by atoms with E-state index in [0.29, 0.717) is 19.2 Å². The van der Waals surface area contributed by atoms with Crippen LogP contribution in [0.5, 0.6) is 0 Å². The topological polar surface area (TPSA) is 38.5 Å². The zero-order valence-electron chi connectivity index (χ0n) is 10.3. The minimum Gasteiger partial charge on any atom is -0.374 e. The lowest BCUT2D eigenvalue weighted by Crippen LogP contribution is -2.52. The van der Waals surface area contributed by atoms with E-state index in [4.69, 9.17) is 10.5 Å². The normalized spacial score (nSPS) is 25.2. The number of morpholine rings is 1. The van der Waals surface area contributed by atoms with Gasteiger partial charge >= 0.3 is 6.18 Å². The van der Waals surface area contributed by atoms with E-state index in [-0.39, 0.29) is 12.5 Å². The number of hydrogen-bond acceptors (Lipinski definition) is 3. The number of hydrogen-bond donors (Lipinski definition) is 1. The monoisotopic (exact) mass is 254 g/mol. The fraction of sp³-hybridized carbons (Fsp3) is 1.00. The first-order chi connectivity index (χ1) is 7.79. The molecule has 0 bridgehead atoms. The summed E-state index contributed by atoms with van der Waals surface area (Å²) in [5.74, 6) is 0. The average Bonchev–Trinajstić information content (AvgIpc) is 2.25. The van der Waals surface area contributed by atoms with Crippen LogP contribution in [0.3, 0.4) is 0 Å². The highest BCUT2D eigenvalue weighted by molar-refractivity contribution is 4.82. The van der Waals surface area contributed by atoms with Gasteiger partial charge in [0.1, 0.15) is 0 Å². The SMILES string of the molecule is CC(C)N1CCOC(C(N)CCC(F)(F)F)C1. The Bertz CT molecular complexity index is 233. The third-order valence-electron chi connectivity index (χ3n) is 3.09. The summed E-state index contributed by atoms with van der Waals surface area (Å²) in [5.41, 5.74) is 5.77. The van der Waals surface area contributed by atoms with E-state index in [1.807, 2.05) is 0 Å². The average molecular weight is 254 g/mol. The molecule has 2 unspecified atom stereocenters. The van der Waals surface area contributed by atoms with Crippen LogP contribution < -0.4 is 5.73 Å². The van der Waals surface area contributed by atoms with Crippen molar-refractivity contribution >= 4 is 0 Å². The molecule has 1 aliphatic rings. The second-order valence-corrected chi connectivity index (χ2v) is 4.82. The van der Waals surface area contributed by atoms with E-state index in [1.54, 1.807) is 0 Å². The molecule has 3 nitrogen and oxygen atoms in total. The Labute approximate surface area is 100 Å². The van der Waals surface area contributed by atoms with Crippen molar-refractivity contribution in [2.45, 2.75) is 51.1 Å². The van der Waals surface area contributed by atoms with Gasteiger partial charge in [-0.25, -0.2) is 0 Å². The van der Waals surface area contributed by atoms with Gasteiger partial charge < -0.3 is 10.5 Å². The lowest BCUT2D eigenvalue weighted by Gasteiger charge is -2.38. The Morgan fingerprint density at radius 2 is 2.06 bits per heavy atom. The van der Waals surface area contributed by atoms with Gasteiger partial charge in [0.2, 0.25) is 0 Å². The summed E-state index contributed by atoms with van der Waals surface area (Å²) in [4.78, 5) is 2.18. The number of halogens is 3. The van der Waals surface area contributed by atoms with E-state index >= 15 is 0 Å². The Morgan fingerprint density at radius 3 is 2.59 bits per heavy atom. The van der Waals surface area contributed by atoms with Gasteiger partial charge in [0.25, 0.3) is 0 Å². The highest BCUT2D eigenvalue weighted by Gasteiger charge is 2.32. The summed E-state index contributed by atoms with van der Waals surface area (Å²) in [7, 11) is 0. The third-order valence-corrected chi connectivity index (χ3v) is 3.09. The summed E-state index contributed by atoms with van der Waals surface area (Å²) in [6.07, 6.45) is -5.33. The van der Waals surface area contributed by atoms with E-state index < -0.39 is 18.6 Å². The molecule has 6 heteroatoms.